The summed E-state index contributed by atoms with van der Waals surface area (Å²) < 4.78 is 0. The van der Waals surface area contributed by atoms with Crippen LogP contribution in [0.2, 0.25) is 0 Å². The Morgan fingerprint density at radius 2 is 1.67 bits per heavy atom. The van der Waals surface area contributed by atoms with Gasteiger partial charge in [-0.2, -0.15) is 0 Å². The van der Waals surface area contributed by atoms with Gasteiger partial charge >= 0.3 is 0 Å². The number of nitrogens with one attached hydrogen (secondary N) is 2. The van der Waals surface area contributed by atoms with Gasteiger partial charge in [-0.1, -0.05) is 44.2 Å². The molecule has 2 amide bonds. The Bertz CT molecular complexity index is 1220. The van der Waals surface area contributed by atoms with Crippen LogP contribution in [-0.2, 0) is 22.6 Å². The molecule has 9 heteroatoms. The number of nitrogens with two attached hydrogens (primary N) is 1. The molecule has 0 spiro atoms. The van der Waals surface area contributed by atoms with Crippen LogP contribution in [0.25, 0.3) is 0 Å². The summed E-state index contributed by atoms with van der Waals surface area (Å²) in [5, 5.41) is 6.78. The number of amides is 2. The fourth-order valence-electron chi connectivity index (χ4n) is 4.69. The van der Waals surface area contributed by atoms with Crippen LogP contribution in [0, 0.1) is 0 Å². The topological polar surface area (TPSA) is 107 Å². The van der Waals surface area contributed by atoms with E-state index >= 15 is 0 Å². The summed E-state index contributed by atoms with van der Waals surface area (Å²) in [5.41, 5.74) is 10.2. The van der Waals surface area contributed by atoms with Crippen molar-refractivity contribution in [3.8, 4) is 0 Å². The fourth-order valence-corrected chi connectivity index (χ4v) is 4.69. The summed E-state index contributed by atoms with van der Waals surface area (Å²) in [6, 6.07) is 20.2. The van der Waals surface area contributed by atoms with Crippen LogP contribution in [0.3, 0.4) is 0 Å². The maximum absolute atomic E-state index is 12.6. The second-order valence-electron chi connectivity index (χ2n) is 9.71. The van der Waals surface area contributed by atoms with Crippen molar-refractivity contribution in [3.05, 3.63) is 78.0 Å². The Morgan fingerprint density at radius 1 is 0.974 bits per heavy atom. The second kappa shape index (κ2) is 13.6. The molecule has 0 radical (unpaired) electrons. The number of hydrogen-bond acceptors (Lipinski definition) is 7. The molecule has 0 atom stereocenters. The molecule has 1 aliphatic heterocycles. The van der Waals surface area contributed by atoms with E-state index in [0.29, 0.717) is 18.9 Å². The Morgan fingerprint density at radius 3 is 2.31 bits per heavy atom. The van der Waals surface area contributed by atoms with Crippen LogP contribution >= 0.6 is 0 Å². The number of aromatic nitrogens is 1. The van der Waals surface area contributed by atoms with E-state index in [4.69, 9.17) is 5.73 Å². The molecule has 2 heterocycles. The number of likely N-dealkylation sites (N-methyl/N-ethyl adjacent to an activating group) is 1. The minimum Gasteiger partial charge on any atom is -0.381 e. The van der Waals surface area contributed by atoms with E-state index in [-0.39, 0.29) is 12.3 Å². The fraction of sp³-hybridized carbons (Fsp3) is 0.367. The smallest absolute Gasteiger partial charge is 0.236 e. The maximum Gasteiger partial charge on any atom is 0.236 e. The lowest BCUT2D eigenvalue weighted by Gasteiger charge is -2.37. The van der Waals surface area contributed by atoms with Crippen LogP contribution in [-0.4, -0.2) is 72.4 Å². The van der Waals surface area contributed by atoms with E-state index in [1.54, 1.807) is 6.20 Å². The van der Waals surface area contributed by atoms with Gasteiger partial charge in [0.05, 0.1) is 13.0 Å². The number of primary amides is 1. The van der Waals surface area contributed by atoms with Crippen molar-refractivity contribution in [2.45, 2.75) is 26.8 Å². The molecule has 4 rings (SSSR count). The monoisotopic (exact) mass is 529 g/mol. The van der Waals surface area contributed by atoms with Gasteiger partial charge in [-0.3, -0.25) is 14.5 Å². The molecule has 206 valence electrons. The zero-order valence-electron chi connectivity index (χ0n) is 22.9. The van der Waals surface area contributed by atoms with Crippen molar-refractivity contribution in [3.63, 3.8) is 0 Å². The van der Waals surface area contributed by atoms with Crippen molar-refractivity contribution >= 4 is 34.7 Å². The lowest BCUT2D eigenvalue weighted by atomic mass is 10.1. The number of anilines is 4. The molecule has 1 aliphatic rings. The minimum absolute atomic E-state index is 0.118. The van der Waals surface area contributed by atoms with Crippen molar-refractivity contribution in [2.75, 3.05) is 61.3 Å². The number of carbonyl (C=O) groups excluding carboxylic acids is 2. The highest BCUT2D eigenvalue weighted by Gasteiger charge is 2.22. The van der Waals surface area contributed by atoms with E-state index < -0.39 is 5.91 Å². The highest BCUT2D eigenvalue weighted by Crippen LogP contribution is 2.25. The Labute approximate surface area is 231 Å². The predicted molar refractivity (Wildman–Crippen MR) is 157 cm³/mol. The quantitative estimate of drug-likeness (QED) is 0.330. The molecule has 1 aromatic heterocycles. The van der Waals surface area contributed by atoms with Crippen LogP contribution in [0.1, 0.15) is 25.0 Å². The normalized spacial score (nSPS) is 13.4. The van der Waals surface area contributed by atoms with Crippen molar-refractivity contribution < 1.29 is 9.59 Å². The summed E-state index contributed by atoms with van der Waals surface area (Å²) in [7, 11) is 0. The molecular weight excluding hydrogens is 490 g/mol. The number of hydrogen-bond donors (Lipinski definition) is 3. The zero-order valence-corrected chi connectivity index (χ0v) is 22.9. The molecule has 9 nitrogen and oxygen atoms in total. The van der Waals surface area contributed by atoms with Gasteiger partial charge in [0, 0.05) is 67.6 Å². The average molecular weight is 530 g/mol. The highest BCUT2D eigenvalue weighted by atomic mass is 16.2. The third kappa shape index (κ3) is 7.94. The third-order valence-corrected chi connectivity index (χ3v) is 7.07. The summed E-state index contributed by atoms with van der Waals surface area (Å²) >= 11 is 0. The van der Waals surface area contributed by atoms with Gasteiger partial charge in [-0.05, 0) is 42.9 Å². The van der Waals surface area contributed by atoms with E-state index in [1.807, 2.05) is 53.4 Å². The summed E-state index contributed by atoms with van der Waals surface area (Å²) in [6.45, 7) is 10.2. The molecule has 0 saturated carbocycles. The molecule has 4 N–H and O–H groups in total. The molecule has 1 saturated heterocycles. The number of pyridine rings is 1. The second-order valence-corrected chi connectivity index (χ2v) is 9.71. The zero-order chi connectivity index (χ0) is 27.6. The SMILES string of the molecule is CCN(CC)CC(=O)N1CCN(c2ccc(Nc3cc(NCc4ccccc4)c(CC(N)=O)cn3)cc2)CC1. The van der Waals surface area contributed by atoms with Gasteiger partial charge in [-0.25, -0.2) is 4.98 Å². The number of rotatable bonds is 12. The van der Waals surface area contributed by atoms with Gasteiger partial charge in [0.1, 0.15) is 5.82 Å². The van der Waals surface area contributed by atoms with Crippen molar-refractivity contribution in [1.29, 1.82) is 0 Å². The Hall–Kier alpha value is -4.11. The first-order chi connectivity index (χ1) is 18.9. The first-order valence-corrected chi connectivity index (χ1v) is 13.6. The molecule has 0 aliphatic carbocycles. The lowest BCUT2D eigenvalue weighted by Crippen LogP contribution is -2.51. The van der Waals surface area contributed by atoms with E-state index in [1.165, 1.54) is 0 Å². The van der Waals surface area contributed by atoms with E-state index in [2.05, 4.69) is 51.4 Å². The number of nitrogens with zero attached hydrogens (tertiary/aromatic N) is 4. The standard InChI is InChI=1S/C30H39N7O2/c1-3-35(4-2)22-30(39)37-16-14-36(15-17-37)26-12-10-25(11-13-26)34-29-19-27(24(21-33-29)18-28(31)38)32-20-23-8-6-5-7-9-23/h5-13,19,21H,3-4,14-18,20,22H2,1-2H3,(H2,31,38)(H2,32,33,34). The molecule has 2 aromatic carbocycles. The van der Waals surface area contributed by atoms with Gasteiger partial charge in [-0.15, -0.1) is 0 Å². The number of benzene rings is 2. The molecule has 3 aromatic rings. The molecular formula is C30H39N7O2. The lowest BCUT2D eigenvalue weighted by molar-refractivity contribution is -0.132. The van der Waals surface area contributed by atoms with Gasteiger partial charge in [0.2, 0.25) is 11.8 Å². The van der Waals surface area contributed by atoms with Gasteiger partial charge in [0.15, 0.2) is 0 Å². The molecule has 0 bridgehead atoms. The molecule has 0 unspecified atom stereocenters. The Balaban J connectivity index is 1.36. The summed E-state index contributed by atoms with van der Waals surface area (Å²) in [5.74, 6) is 0.488. The van der Waals surface area contributed by atoms with Gasteiger partial charge in [0.25, 0.3) is 0 Å². The Kier molecular flexibility index (Phi) is 9.74. The van der Waals surface area contributed by atoms with Crippen LogP contribution in [0.15, 0.2) is 66.9 Å². The number of carbonyl (C=O) groups is 2. The summed E-state index contributed by atoms with van der Waals surface area (Å²) in [6.07, 6.45) is 1.81. The van der Waals surface area contributed by atoms with Crippen LogP contribution in [0.5, 0.6) is 0 Å². The molecule has 39 heavy (non-hydrogen) atoms. The van der Waals surface area contributed by atoms with Gasteiger partial charge < -0.3 is 26.2 Å². The maximum atomic E-state index is 12.6. The third-order valence-electron chi connectivity index (χ3n) is 7.07. The average Bonchev–Trinajstić information content (AvgIpc) is 2.96. The van der Waals surface area contributed by atoms with E-state index in [0.717, 1.165) is 67.5 Å². The predicted octanol–water partition coefficient (Wildman–Crippen LogP) is 3.46. The van der Waals surface area contributed by atoms with E-state index in [9.17, 15) is 9.59 Å². The minimum atomic E-state index is -0.398. The first-order valence-electron chi connectivity index (χ1n) is 13.6. The van der Waals surface area contributed by atoms with Crippen molar-refractivity contribution in [1.82, 2.24) is 14.8 Å². The van der Waals surface area contributed by atoms with Crippen LogP contribution in [0.4, 0.5) is 22.9 Å². The van der Waals surface area contributed by atoms with Crippen LogP contribution < -0.4 is 21.3 Å². The largest absolute Gasteiger partial charge is 0.381 e. The first kappa shape index (κ1) is 27.9. The van der Waals surface area contributed by atoms with Crippen molar-refractivity contribution in [2.24, 2.45) is 5.73 Å². The molecule has 1 fully saturated rings. The summed E-state index contributed by atoms with van der Waals surface area (Å²) in [4.78, 5) is 35.1. The number of piperazine rings is 1. The highest BCUT2D eigenvalue weighted by molar-refractivity contribution is 5.79.